The van der Waals surface area contributed by atoms with Gasteiger partial charge in [-0.15, -0.1) is 0 Å². The molecule has 0 saturated heterocycles. The molecule has 2 aliphatic rings. The van der Waals surface area contributed by atoms with E-state index in [-0.39, 0.29) is 9.79 Å². The van der Waals surface area contributed by atoms with Crippen LogP contribution >= 0.6 is 23.2 Å². The molecule has 0 aliphatic heterocycles. The van der Waals surface area contributed by atoms with Crippen molar-refractivity contribution < 1.29 is 21.9 Å². The zero-order valence-corrected chi connectivity index (χ0v) is 32.1. The van der Waals surface area contributed by atoms with Crippen LogP contribution in [0.4, 0.5) is 0 Å². The largest absolute Gasteiger partial charge is 0.380 e. The fourth-order valence-corrected chi connectivity index (χ4v) is 9.18. The maximum atomic E-state index is 13.0. The van der Waals surface area contributed by atoms with Crippen LogP contribution in [-0.4, -0.2) is 40.3 Å². The van der Waals surface area contributed by atoms with Gasteiger partial charge < -0.3 is 5.11 Å². The molecule has 2 aliphatic carbocycles. The second kappa shape index (κ2) is 14.4. The summed E-state index contributed by atoms with van der Waals surface area (Å²) in [5.74, 6) is 0. The topological polar surface area (TPSA) is 124 Å². The van der Waals surface area contributed by atoms with Gasteiger partial charge in [0, 0.05) is 27.4 Å². The van der Waals surface area contributed by atoms with E-state index in [1.54, 1.807) is 79.0 Å². The van der Waals surface area contributed by atoms with E-state index >= 15 is 0 Å². The quantitative estimate of drug-likeness (QED) is 0.181. The Hall–Kier alpha value is -4.52. The Labute approximate surface area is 319 Å². The molecule has 2 heterocycles. The smallest absolute Gasteiger partial charge is 0.282 e. The van der Waals surface area contributed by atoms with Gasteiger partial charge in [0.05, 0.1) is 27.4 Å². The summed E-state index contributed by atoms with van der Waals surface area (Å²) in [7, 11) is -7.52. The van der Waals surface area contributed by atoms with E-state index in [0.29, 0.717) is 46.1 Å². The van der Waals surface area contributed by atoms with E-state index in [1.807, 2.05) is 38.1 Å². The molecule has 6 aromatic rings. The van der Waals surface area contributed by atoms with Crippen molar-refractivity contribution in [3.05, 3.63) is 170 Å². The first kappa shape index (κ1) is 36.8. The summed E-state index contributed by atoms with van der Waals surface area (Å²) in [6.45, 7) is 3.82. The lowest BCUT2D eigenvalue weighted by Gasteiger charge is -2.32. The van der Waals surface area contributed by atoms with E-state index in [1.165, 1.54) is 6.20 Å². The molecule has 0 bridgehead atoms. The average Bonchev–Trinajstić information content (AvgIpc) is 3.80. The molecule has 0 amide bonds. The maximum absolute atomic E-state index is 13.0. The fraction of sp³-hybridized carbons (Fsp3) is 0.200. The number of allylic oxidation sites excluding steroid dienone is 1. The van der Waals surface area contributed by atoms with E-state index < -0.39 is 25.6 Å². The van der Waals surface area contributed by atoms with Gasteiger partial charge in [-0.1, -0.05) is 88.9 Å². The zero-order valence-electron chi connectivity index (χ0n) is 28.9. The van der Waals surface area contributed by atoms with Gasteiger partial charge in [0.15, 0.2) is 0 Å². The third-order valence-electron chi connectivity index (χ3n) is 9.56. The number of hydrogen-bond donors (Lipinski definition) is 1. The number of nitrogens with zero attached hydrogens (tertiary/aromatic N) is 4. The molecule has 9 nitrogen and oxygen atoms in total. The predicted octanol–water partition coefficient (Wildman–Crippen LogP) is 8.11. The van der Waals surface area contributed by atoms with Gasteiger partial charge in [-0.25, -0.2) is 0 Å². The molecule has 13 heteroatoms. The van der Waals surface area contributed by atoms with Crippen LogP contribution in [0.3, 0.4) is 0 Å². The lowest BCUT2D eigenvalue weighted by Crippen LogP contribution is -2.31. The van der Waals surface area contributed by atoms with Gasteiger partial charge in [0.2, 0.25) is 0 Å². The standard InChI is InChI=1S/C20H19ClN2O3S.C20H17ClN2O2S/c1-14-4-10-17(11-5-14)27(25,26)23-13-18-19(22-23)3-2-12-20(18,24)15-6-8-16(21)9-7-15;1-14-5-11-17(12-6-14)26(24,25)23-13-19-18(3-2-4-20(19)22-23)15-7-9-16(21)10-8-15/h4-11,13,24H,2-3,12H2,1H3;3,5-13H,2,4H2,1H3. The summed E-state index contributed by atoms with van der Waals surface area (Å²) in [6.07, 6.45) is 8.57. The highest BCUT2D eigenvalue weighted by molar-refractivity contribution is 7.90. The van der Waals surface area contributed by atoms with Gasteiger partial charge in [-0.2, -0.15) is 35.2 Å². The molecule has 0 radical (unpaired) electrons. The Morgan fingerprint density at radius 3 is 1.74 bits per heavy atom. The van der Waals surface area contributed by atoms with Crippen molar-refractivity contribution in [2.45, 2.75) is 61.3 Å². The first-order valence-electron chi connectivity index (χ1n) is 17.0. The summed E-state index contributed by atoms with van der Waals surface area (Å²) in [4.78, 5) is 0.406. The number of aromatic nitrogens is 4. The molecular formula is C40H36Cl2N4O5S2. The first-order chi connectivity index (χ1) is 25.3. The lowest BCUT2D eigenvalue weighted by molar-refractivity contribution is 0.0615. The highest BCUT2D eigenvalue weighted by atomic mass is 35.5. The van der Waals surface area contributed by atoms with Gasteiger partial charge in [-0.05, 0) is 111 Å². The van der Waals surface area contributed by atoms with Gasteiger partial charge >= 0.3 is 0 Å². The van der Waals surface area contributed by atoms with Crippen LogP contribution in [0.1, 0.15) is 64.0 Å². The van der Waals surface area contributed by atoms with Gasteiger partial charge in [-0.3, -0.25) is 0 Å². The lowest BCUT2D eigenvalue weighted by atomic mass is 9.78. The Bertz CT molecular complexity index is 2550. The minimum absolute atomic E-state index is 0.169. The predicted molar refractivity (Wildman–Crippen MR) is 206 cm³/mol. The van der Waals surface area contributed by atoms with Crippen LogP contribution < -0.4 is 0 Å². The summed E-state index contributed by atoms with van der Waals surface area (Å²) in [6, 6.07) is 27.9. The van der Waals surface area contributed by atoms with Crippen LogP contribution in [0.25, 0.3) is 5.57 Å². The van der Waals surface area contributed by atoms with Crippen molar-refractivity contribution in [2.75, 3.05) is 0 Å². The van der Waals surface area contributed by atoms with Crippen molar-refractivity contribution in [1.29, 1.82) is 0 Å². The number of halogens is 2. The average molecular weight is 788 g/mol. The molecule has 272 valence electrons. The Kier molecular flexibility index (Phi) is 9.99. The molecule has 0 fully saturated rings. The Morgan fingerprint density at radius 1 is 0.660 bits per heavy atom. The molecular weight excluding hydrogens is 752 g/mol. The van der Waals surface area contributed by atoms with Crippen molar-refractivity contribution in [3.63, 3.8) is 0 Å². The third kappa shape index (κ3) is 7.24. The second-order valence-electron chi connectivity index (χ2n) is 13.2. The van der Waals surface area contributed by atoms with E-state index in [9.17, 15) is 21.9 Å². The molecule has 53 heavy (non-hydrogen) atoms. The Morgan fingerprint density at radius 2 is 1.17 bits per heavy atom. The van der Waals surface area contributed by atoms with E-state index in [2.05, 4.69) is 16.3 Å². The summed E-state index contributed by atoms with van der Waals surface area (Å²) in [5.41, 5.74) is 6.18. The van der Waals surface area contributed by atoms with Crippen LogP contribution in [0.15, 0.2) is 125 Å². The molecule has 1 unspecified atom stereocenters. The summed E-state index contributed by atoms with van der Waals surface area (Å²) in [5, 5.41) is 21.3. The van der Waals surface area contributed by atoms with Crippen LogP contribution in [-0.2, 0) is 38.5 Å². The molecule has 1 atom stereocenters. The SMILES string of the molecule is Cc1ccc(S(=O)(=O)n2cc3c(n2)CCC=C3c2ccc(Cl)cc2)cc1.Cc1ccc(S(=O)(=O)n2cc3c(n2)CCCC3(O)c2ccc(Cl)cc2)cc1. The van der Waals surface area contributed by atoms with Crippen molar-refractivity contribution in [2.24, 2.45) is 0 Å². The normalized spacial score (nSPS) is 16.9. The first-order valence-corrected chi connectivity index (χ1v) is 20.7. The molecule has 1 N–H and O–H groups in total. The monoisotopic (exact) mass is 786 g/mol. The number of aryl methyl sites for hydroxylation is 4. The minimum atomic E-state index is -3.82. The number of benzene rings is 4. The number of fused-ring (bicyclic) bond motifs is 2. The highest BCUT2D eigenvalue weighted by Gasteiger charge is 2.39. The van der Waals surface area contributed by atoms with E-state index in [0.717, 1.165) is 54.5 Å². The molecule has 2 aromatic heterocycles. The molecule has 4 aromatic carbocycles. The van der Waals surface area contributed by atoms with Crippen molar-refractivity contribution >= 4 is 48.8 Å². The number of hydrogen-bond acceptors (Lipinski definition) is 7. The van der Waals surface area contributed by atoms with Crippen LogP contribution in [0, 0.1) is 13.8 Å². The summed E-state index contributed by atoms with van der Waals surface area (Å²) >= 11 is 11.9. The molecule has 0 saturated carbocycles. The minimum Gasteiger partial charge on any atom is -0.380 e. The number of aliphatic hydroxyl groups is 1. The van der Waals surface area contributed by atoms with Crippen LogP contribution in [0.5, 0.6) is 0 Å². The van der Waals surface area contributed by atoms with Gasteiger partial charge in [0.1, 0.15) is 5.60 Å². The maximum Gasteiger partial charge on any atom is 0.282 e. The Balaban J connectivity index is 0.000000164. The van der Waals surface area contributed by atoms with Gasteiger partial charge in [0.25, 0.3) is 20.0 Å². The zero-order chi connectivity index (χ0) is 37.5. The van der Waals surface area contributed by atoms with Crippen molar-refractivity contribution in [1.82, 2.24) is 18.4 Å². The van der Waals surface area contributed by atoms with Crippen LogP contribution in [0.2, 0.25) is 10.0 Å². The number of rotatable bonds is 6. The molecule has 8 rings (SSSR count). The second-order valence-corrected chi connectivity index (χ2v) is 17.7. The van der Waals surface area contributed by atoms with Crippen molar-refractivity contribution in [3.8, 4) is 0 Å². The van der Waals surface area contributed by atoms with E-state index in [4.69, 9.17) is 23.2 Å². The summed E-state index contributed by atoms with van der Waals surface area (Å²) < 4.78 is 53.8. The highest BCUT2D eigenvalue weighted by Crippen LogP contribution is 2.41. The molecule has 0 spiro atoms. The fourth-order valence-electron chi connectivity index (χ4n) is 6.63. The third-order valence-corrected chi connectivity index (χ3v) is 13.2.